The van der Waals surface area contributed by atoms with E-state index in [4.69, 9.17) is 11.6 Å². The van der Waals surface area contributed by atoms with Gasteiger partial charge in [0.25, 0.3) is 0 Å². The third-order valence-corrected chi connectivity index (χ3v) is 3.68. The van der Waals surface area contributed by atoms with E-state index >= 15 is 0 Å². The SMILES string of the molecule is CCCCCC(C)NC(=O)/C=C/c1c(C)nn(C)c1Cl. The van der Waals surface area contributed by atoms with Gasteiger partial charge >= 0.3 is 0 Å². The summed E-state index contributed by atoms with van der Waals surface area (Å²) in [6.07, 6.45) is 7.81. The molecule has 0 aliphatic heterocycles. The number of nitrogens with one attached hydrogen (secondary N) is 1. The van der Waals surface area contributed by atoms with Crippen LogP contribution in [0.25, 0.3) is 6.08 Å². The van der Waals surface area contributed by atoms with Gasteiger partial charge in [-0.05, 0) is 26.3 Å². The third-order valence-electron chi connectivity index (χ3n) is 3.23. The first kappa shape index (κ1) is 16.8. The number of hydrogen-bond acceptors (Lipinski definition) is 2. The van der Waals surface area contributed by atoms with Gasteiger partial charge in [-0.3, -0.25) is 9.48 Å². The van der Waals surface area contributed by atoms with Crippen LogP contribution in [0.5, 0.6) is 0 Å². The smallest absolute Gasteiger partial charge is 0.244 e. The number of carbonyl (C=O) groups excluding carboxylic acids is 1. The Hall–Kier alpha value is -1.29. The lowest BCUT2D eigenvalue weighted by atomic mass is 10.1. The molecule has 0 radical (unpaired) electrons. The number of carbonyl (C=O) groups is 1. The first-order valence-electron chi connectivity index (χ1n) is 7.13. The van der Waals surface area contributed by atoms with E-state index in [0.29, 0.717) is 5.15 Å². The van der Waals surface area contributed by atoms with Crippen molar-refractivity contribution in [2.24, 2.45) is 7.05 Å². The molecule has 0 spiro atoms. The van der Waals surface area contributed by atoms with Crippen molar-refractivity contribution in [3.8, 4) is 0 Å². The Morgan fingerprint density at radius 1 is 1.50 bits per heavy atom. The summed E-state index contributed by atoms with van der Waals surface area (Å²) in [5.41, 5.74) is 1.61. The van der Waals surface area contributed by atoms with Crippen LogP contribution in [0, 0.1) is 6.92 Å². The van der Waals surface area contributed by atoms with Crippen LogP contribution in [0.2, 0.25) is 5.15 Å². The van der Waals surface area contributed by atoms with Gasteiger partial charge in [-0.1, -0.05) is 37.8 Å². The van der Waals surface area contributed by atoms with Crippen molar-refractivity contribution >= 4 is 23.6 Å². The molecule has 0 aliphatic rings. The van der Waals surface area contributed by atoms with Crippen LogP contribution in [0.1, 0.15) is 50.8 Å². The van der Waals surface area contributed by atoms with Crippen LogP contribution in [-0.2, 0) is 11.8 Å². The van der Waals surface area contributed by atoms with Crippen molar-refractivity contribution in [3.63, 3.8) is 0 Å². The first-order valence-corrected chi connectivity index (χ1v) is 7.51. The molecule has 0 aliphatic carbocycles. The number of hydrogen-bond donors (Lipinski definition) is 1. The van der Waals surface area contributed by atoms with Gasteiger partial charge in [0, 0.05) is 24.7 Å². The molecule has 1 amide bonds. The Morgan fingerprint density at radius 3 is 2.75 bits per heavy atom. The molecule has 1 aromatic heterocycles. The van der Waals surface area contributed by atoms with Gasteiger partial charge in [0.2, 0.25) is 5.91 Å². The number of unbranched alkanes of at least 4 members (excludes halogenated alkanes) is 2. The molecule has 1 rings (SSSR count). The zero-order chi connectivity index (χ0) is 15.1. The van der Waals surface area contributed by atoms with Crippen molar-refractivity contribution in [2.45, 2.75) is 52.5 Å². The normalized spacial score (nSPS) is 12.8. The average Bonchev–Trinajstić information content (AvgIpc) is 2.61. The minimum absolute atomic E-state index is 0.0895. The Morgan fingerprint density at radius 2 is 2.20 bits per heavy atom. The quantitative estimate of drug-likeness (QED) is 0.619. The van der Waals surface area contributed by atoms with Gasteiger partial charge < -0.3 is 5.32 Å². The molecular formula is C15H24ClN3O. The minimum Gasteiger partial charge on any atom is -0.350 e. The highest BCUT2D eigenvalue weighted by Gasteiger charge is 2.09. The van der Waals surface area contributed by atoms with Gasteiger partial charge in [-0.25, -0.2) is 0 Å². The number of halogens is 1. The molecule has 5 heteroatoms. The van der Waals surface area contributed by atoms with E-state index in [9.17, 15) is 4.79 Å². The molecule has 0 fully saturated rings. The summed E-state index contributed by atoms with van der Waals surface area (Å²) in [5.74, 6) is -0.0895. The summed E-state index contributed by atoms with van der Waals surface area (Å²) in [4.78, 5) is 11.8. The van der Waals surface area contributed by atoms with Crippen LogP contribution in [0.4, 0.5) is 0 Å². The Kier molecular flexibility index (Phi) is 6.79. The molecule has 0 saturated heterocycles. The second-order valence-corrected chi connectivity index (χ2v) is 5.51. The molecular weight excluding hydrogens is 274 g/mol. The largest absolute Gasteiger partial charge is 0.350 e. The topological polar surface area (TPSA) is 46.9 Å². The summed E-state index contributed by atoms with van der Waals surface area (Å²) < 4.78 is 1.60. The highest BCUT2D eigenvalue weighted by atomic mass is 35.5. The maximum atomic E-state index is 11.8. The van der Waals surface area contributed by atoms with E-state index < -0.39 is 0 Å². The van der Waals surface area contributed by atoms with Gasteiger partial charge in [-0.15, -0.1) is 0 Å². The molecule has 1 heterocycles. The second-order valence-electron chi connectivity index (χ2n) is 5.15. The maximum absolute atomic E-state index is 11.8. The lowest BCUT2D eigenvalue weighted by molar-refractivity contribution is -0.117. The van der Waals surface area contributed by atoms with Gasteiger partial charge in [0.1, 0.15) is 5.15 Å². The second kappa shape index (κ2) is 8.10. The molecule has 20 heavy (non-hydrogen) atoms. The van der Waals surface area contributed by atoms with Crippen molar-refractivity contribution in [2.75, 3.05) is 0 Å². The summed E-state index contributed by atoms with van der Waals surface area (Å²) in [7, 11) is 1.78. The lowest BCUT2D eigenvalue weighted by Gasteiger charge is -2.11. The summed E-state index contributed by atoms with van der Waals surface area (Å²) in [6, 6.07) is 0.198. The van der Waals surface area contributed by atoms with Crippen molar-refractivity contribution < 1.29 is 4.79 Å². The van der Waals surface area contributed by atoms with Crippen molar-refractivity contribution in [1.82, 2.24) is 15.1 Å². The van der Waals surface area contributed by atoms with Gasteiger partial charge in [-0.2, -0.15) is 5.10 Å². The van der Waals surface area contributed by atoms with E-state index in [1.54, 1.807) is 17.8 Å². The Balaban J connectivity index is 2.51. The van der Waals surface area contributed by atoms with Crippen LogP contribution >= 0.6 is 11.6 Å². The zero-order valence-electron chi connectivity index (χ0n) is 12.7. The fraction of sp³-hybridized carbons (Fsp3) is 0.600. The van der Waals surface area contributed by atoms with Gasteiger partial charge in [0.15, 0.2) is 0 Å². The van der Waals surface area contributed by atoms with E-state index in [-0.39, 0.29) is 11.9 Å². The fourth-order valence-corrected chi connectivity index (χ4v) is 2.30. The van der Waals surface area contributed by atoms with Crippen molar-refractivity contribution in [3.05, 3.63) is 22.5 Å². The lowest BCUT2D eigenvalue weighted by Crippen LogP contribution is -2.30. The predicted molar refractivity (Wildman–Crippen MR) is 83.7 cm³/mol. The standard InChI is InChI=1S/C15H24ClN3O/c1-5-6-7-8-11(2)17-14(20)10-9-13-12(3)18-19(4)15(13)16/h9-11H,5-8H2,1-4H3,(H,17,20)/b10-9+. The van der Waals surface area contributed by atoms with Crippen molar-refractivity contribution in [1.29, 1.82) is 0 Å². The number of aryl methyl sites for hydroxylation is 2. The number of amides is 1. The molecule has 1 N–H and O–H groups in total. The third kappa shape index (κ3) is 5.00. The first-order chi connectivity index (χ1) is 9.45. The fourth-order valence-electron chi connectivity index (χ4n) is 2.06. The summed E-state index contributed by atoms with van der Waals surface area (Å²) in [6.45, 7) is 6.08. The predicted octanol–water partition coefficient (Wildman–Crippen LogP) is 3.48. The molecule has 1 unspecified atom stereocenters. The molecule has 0 aromatic carbocycles. The maximum Gasteiger partial charge on any atom is 0.244 e. The summed E-state index contributed by atoms with van der Waals surface area (Å²) in [5, 5.41) is 7.70. The zero-order valence-corrected chi connectivity index (χ0v) is 13.5. The van der Waals surface area contributed by atoms with Crippen LogP contribution in [0.15, 0.2) is 6.08 Å². The number of nitrogens with zero attached hydrogens (tertiary/aromatic N) is 2. The number of aromatic nitrogens is 2. The summed E-state index contributed by atoms with van der Waals surface area (Å²) >= 11 is 6.11. The van der Waals surface area contributed by atoms with Crippen LogP contribution < -0.4 is 5.32 Å². The van der Waals surface area contributed by atoms with E-state index in [1.807, 2.05) is 13.8 Å². The van der Waals surface area contributed by atoms with Gasteiger partial charge in [0.05, 0.1) is 5.69 Å². The highest BCUT2D eigenvalue weighted by Crippen LogP contribution is 2.19. The molecule has 1 atom stereocenters. The number of rotatable bonds is 7. The minimum atomic E-state index is -0.0895. The van der Waals surface area contributed by atoms with Crippen LogP contribution in [0.3, 0.4) is 0 Å². The Bertz CT molecular complexity index is 480. The molecule has 1 aromatic rings. The monoisotopic (exact) mass is 297 g/mol. The molecule has 0 bridgehead atoms. The van der Waals surface area contributed by atoms with E-state index in [0.717, 1.165) is 24.1 Å². The van der Waals surface area contributed by atoms with E-state index in [1.165, 1.54) is 18.9 Å². The van der Waals surface area contributed by atoms with E-state index in [2.05, 4.69) is 17.3 Å². The highest BCUT2D eigenvalue weighted by molar-refractivity contribution is 6.31. The van der Waals surface area contributed by atoms with Crippen LogP contribution in [-0.4, -0.2) is 21.7 Å². The molecule has 4 nitrogen and oxygen atoms in total. The molecule has 112 valence electrons. The average molecular weight is 298 g/mol. The Labute approximate surface area is 126 Å². The molecule has 0 saturated carbocycles.